The monoisotopic (exact) mass is 286 g/mol. The highest BCUT2D eigenvalue weighted by molar-refractivity contribution is 5.82. The van der Waals surface area contributed by atoms with Crippen LogP contribution in [0.25, 0.3) is 0 Å². The minimum Gasteiger partial charge on any atom is -0.469 e. The third-order valence-corrected chi connectivity index (χ3v) is 3.97. The Balaban J connectivity index is 1.62. The summed E-state index contributed by atoms with van der Waals surface area (Å²) >= 11 is 0. The fraction of sp³-hybridized carbons (Fsp3) is 0.375. The Morgan fingerprint density at radius 3 is 2.95 bits per heavy atom. The molecule has 0 saturated heterocycles. The summed E-state index contributed by atoms with van der Waals surface area (Å²) < 4.78 is 5.32. The van der Waals surface area contributed by atoms with Crippen LogP contribution in [0.5, 0.6) is 0 Å². The average Bonchev–Trinajstić information content (AvgIpc) is 3.03. The van der Waals surface area contributed by atoms with Crippen molar-refractivity contribution in [1.82, 2.24) is 10.3 Å². The SMILES string of the molecule is Cc1cc(C)c(CNC(=O)[C@H]2C[C@H]2c2ccco2)c(=O)[nH]1. The number of hydrogen-bond acceptors (Lipinski definition) is 3. The molecule has 0 spiro atoms. The Morgan fingerprint density at radius 2 is 2.29 bits per heavy atom. The van der Waals surface area contributed by atoms with Gasteiger partial charge in [-0.1, -0.05) is 0 Å². The molecule has 0 aliphatic heterocycles. The summed E-state index contributed by atoms with van der Waals surface area (Å²) in [6.45, 7) is 3.99. The maximum absolute atomic E-state index is 12.1. The number of hydrogen-bond donors (Lipinski definition) is 2. The second-order valence-corrected chi connectivity index (χ2v) is 5.62. The fourth-order valence-corrected chi connectivity index (χ4v) is 2.71. The summed E-state index contributed by atoms with van der Waals surface area (Å²) in [5, 5.41) is 2.85. The van der Waals surface area contributed by atoms with Crippen LogP contribution in [0.15, 0.2) is 33.7 Å². The number of furan rings is 1. The standard InChI is InChI=1S/C16H18N2O3/c1-9-6-10(2)18-16(20)13(9)8-17-15(19)12-7-11(12)14-4-3-5-21-14/h3-6,11-12H,7-8H2,1-2H3,(H,17,19)(H,18,20)/t11-,12+/m1/s1. The smallest absolute Gasteiger partial charge is 0.253 e. The Kier molecular flexibility index (Phi) is 3.41. The Bertz CT molecular complexity index is 716. The Hall–Kier alpha value is -2.30. The fourth-order valence-electron chi connectivity index (χ4n) is 2.71. The first-order valence-electron chi connectivity index (χ1n) is 7.07. The number of aryl methyl sites for hydroxylation is 2. The highest BCUT2D eigenvalue weighted by Gasteiger charge is 2.45. The average molecular weight is 286 g/mol. The predicted molar refractivity (Wildman–Crippen MR) is 77.9 cm³/mol. The number of pyridine rings is 1. The van der Waals surface area contributed by atoms with E-state index in [0.29, 0.717) is 5.56 Å². The molecular formula is C16H18N2O3. The van der Waals surface area contributed by atoms with Crippen LogP contribution in [0.1, 0.15) is 34.9 Å². The molecule has 5 heteroatoms. The lowest BCUT2D eigenvalue weighted by Gasteiger charge is -2.08. The topological polar surface area (TPSA) is 75.1 Å². The number of carbonyl (C=O) groups is 1. The highest BCUT2D eigenvalue weighted by atomic mass is 16.3. The van der Waals surface area contributed by atoms with E-state index < -0.39 is 0 Å². The second kappa shape index (κ2) is 5.24. The molecular weight excluding hydrogens is 268 g/mol. The number of nitrogens with one attached hydrogen (secondary N) is 2. The van der Waals surface area contributed by atoms with Crippen LogP contribution in [0, 0.1) is 19.8 Å². The first-order chi connectivity index (χ1) is 10.1. The highest BCUT2D eigenvalue weighted by Crippen LogP contribution is 2.47. The largest absolute Gasteiger partial charge is 0.469 e. The Labute approximate surface area is 122 Å². The van der Waals surface area contributed by atoms with Gasteiger partial charge < -0.3 is 14.7 Å². The first kappa shape index (κ1) is 13.7. The summed E-state index contributed by atoms with van der Waals surface area (Å²) in [5.74, 6) is 0.980. The van der Waals surface area contributed by atoms with E-state index in [2.05, 4.69) is 10.3 Å². The molecule has 2 aromatic heterocycles. The van der Waals surface area contributed by atoms with Gasteiger partial charge in [0.15, 0.2) is 0 Å². The number of rotatable bonds is 4. The molecule has 0 unspecified atom stereocenters. The number of aromatic amines is 1. The second-order valence-electron chi connectivity index (χ2n) is 5.62. The summed E-state index contributed by atoms with van der Waals surface area (Å²) in [5.41, 5.74) is 2.21. The molecule has 1 saturated carbocycles. The van der Waals surface area contributed by atoms with Crippen LogP contribution in [-0.4, -0.2) is 10.9 Å². The van der Waals surface area contributed by atoms with E-state index in [1.807, 2.05) is 32.0 Å². The molecule has 2 N–H and O–H groups in total. The molecule has 1 aliphatic rings. The normalized spacial score (nSPS) is 20.3. The van der Waals surface area contributed by atoms with E-state index in [-0.39, 0.29) is 29.8 Å². The molecule has 1 amide bonds. The van der Waals surface area contributed by atoms with Crippen molar-refractivity contribution in [3.63, 3.8) is 0 Å². The molecule has 0 radical (unpaired) electrons. The van der Waals surface area contributed by atoms with Gasteiger partial charge in [0.2, 0.25) is 5.91 Å². The first-order valence-corrected chi connectivity index (χ1v) is 7.07. The van der Waals surface area contributed by atoms with Gasteiger partial charge in [-0.2, -0.15) is 0 Å². The maximum atomic E-state index is 12.1. The molecule has 0 aromatic carbocycles. The van der Waals surface area contributed by atoms with E-state index in [0.717, 1.165) is 23.4 Å². The van der Waals surface area contributed by atoms with Gasteiger partial charge in [0, 0.05) is 29.6 Å². The minimum absolute atomic E-state index is 0.0178. The quantitative estimate of drug-likeness (QED) is 0.902. The van der Waals surface area contributed by atoms with Crippen LogP contribution >= 0.6 is 0 Å². The lowest BCUT2D eigenvalue weighted by molar-refractivity contribution is -0.122. The van der Waals surface area contributed by atoms with Crippen molar-refractivity contribution in [2.75, 3.05) is 0 Å². The van der Waals surface area contributed by atoms with Crippen molar-refractivity contribution < 1.29 is 9.21 Å². The van der Waals surface area contributed by atoms with Gasteiger partial charge in [0.25, 0.3) is 5.56 Å². The van der Waals surface area contributed by atoms with Crippen molar-refractivity contribution in [3.8, 4) is 0 Å². The van der Waals surface area contributed by atoms with Crippen molar-refractivity contribution in [2.24, 2.45) is 5.92 Å². The van der Waals surface area contributed by atoms with Crippen LogP contribution in [0.3, 0.4) is 0 Å². The van der Waals surface area contributed by atoms with Gasteiger partial charge in [0.05, 0.1) is 6.26 Å². The summed E-state index contributed by atoms with van der Waals surface area (Å²) in [7, 11) is 0. The Morgan fingerprint density at radius 1 is 1.48 bits per heavy atom. The zero-order valence-corrected chi connectivity index (χ0v) is 12.1. The van der Waals surface area contributed by atoms with Crippen molar-refractivity contribution in [1.29, 1.82) is 0 Å². The summed E-state index contributed by atoms with van der Waals surface area (Å²) in [6, 6.07) is 5.64. The van der Waals surface area contributed by atoms with Gasteiger partial charge >= 0.3 is 0 Å². The predicted octanol–water partition coefficient (Wildman–Crippen LogP) is 2.00. The van der Waals surface area contributed by atoms with E-state index in [1.54, 1.807) is 6.26 Å². The zero-order valence-electron chi connectivity index (χ0n) is 12.1. The van der Waals surface area contributed by atoms with Gasteiger partial charge in [-0.05, 0) is 44.0 Å². The molecule has 21 heavy (non-hydrogen) atoms. The van der Waals surface area contributed by atoms with E-state index in [9.17, 15) is 9.59 Å². The third kappa shape index (κ3) is 2.77. The molecule has 5 nitrogen and oxygen atoms in total. The third-order valence-electron chi connectivity index (χ3n) is 3.97. The minimum atomic E-state index is -0.133. The molecule has 3 rings (SSSR count). The van der Waals surface area contributed by atoms with Gasteiger partial charge in [-0.25, -0.2) is 0 Å². The van der Waals surface area contributed by atoms with Crippen molar-refractivity contribution in [2.45, 2.75) is 32.7 Å². The van der Waals surface area contributed by atoms with Crippen LogP contribution in [0.2, 0.25) is 0 Å². The maximum Gasteiger partial charge on any atom is 0.253 e. The molecule has 1 aliphatic carbocycles. The lowest BCUT2D eigenvalue weighted by atomic mass is 10.1. The van der Waals surface area contributed by atoms with Crippen molar-refractivity contribution in [3.05, 3.63) is 57.4 Å². The molecule has 2 heterocycles. The van der Waals surface area contributed by atoms with Gasteiger partial charge in [-0.15, -0.1) is 0 Å². The van der Waals surface area contributed by atoms with E-state index in [1.165, 1.54) is 0 Å². The van der Waals surface area contributed by atoms with Gasteiger partial charge in [-0.3, -0.25) is 9.59 Å². The summed E-state index contributed by atoms with van der Waals surface area (Å²) in [4.78, 5) is 26.8. The molecule has 0 bridgehead atoms. The molecule has 2 atom stereocenters. The number of carbonyl (C=O) groups excluding carboxylic acids is 1. The molecule has 2 aromatic rings. The van der Waals surface area contributed by atoms with Crippen LogP contribution in [-0.2, 0) is 11.3 Å². The van der Waals surface area contributed by atoms with E-state index >= 15 is 0 Å². The lowest BCUT2D eigenvalue weighted by Crippen LogP contribution is -2.29. The zero-order chi connectivity index (χ0) is 15.0. The molecule has 1 fully saturated rings. The van der Waals surface area contributed by atoms with Crippen LogP contribution in [0.4, 0.5) is 0 Å². The number of H-pyrrole nitrogens is 1. The summed E-state index contributed by atoms with van der Waals surface area (Å²) in [6.07, 6.45) is 2.43. The molecule has 110 valence electrons. The number of amides is 1. The van der Waals surface area contributed by atoms with Gasteiger partial charge in [0.1, 0.15) is 5.76 Å². The van der Waals surface area contributed by atoms with Crippen LogP contribution < -0.4 is 10.9 Å². The number of aromatic nitrogens is 1. The van der Waals surface area contributed by atoms with Crippen molar-refractivity contribution >= 4 is 5.91 Å². The van der Waals surface area contributed by atoms with E-state index in [4.69, 9.17) is 4.42 Å².